The Labute approximate surface area is 159 Å². The fraction of sp³-hybridized carbons (Fsp3) is 0.500. The van der Waals surface area contributed by atoms with Gasteiger partial charge in [-0.3, -0.25) is 9.78 Å². The maximum absolute atomic E-state index is 12.4. The minimum atomic E-state index is 0.0743. The Balaban J connectivity index is 1.28. The summed E-state index contributed by atoms with van der Waals surface area (Å²) in [6.45, 7) is 3.09. The molecule has 2 aliphatic rings. The third-order valence-electron chi connectivity index (χ3n) is 5.33. The topological polar surface area (TPSA) is 80.2 Å². The zero-order valence-electron chi connectivity index (χ0n) is 15.4. The lowest BCUT2D eigenvalue weighted by Gasteiger charge is -2.32. The molecule has 142 valence electrons. The molecule has 0 aliphatic carbocycles. The molecule has 0 bridgehead atoms. The largest absolute Gasteiger partial charge is 0.376 e. The van der Waals surface area contributed by atoms with E-state index in [2.05, 4.69) is 25.4 Å². The minimum Gasteiger partial charge on any atom is -0.376 e. The van der Waals surface area contributed by atoms with Crippen LogP contribution in [0.4, 0.5) is 5.82 Å². The molecule has 1 unspecified atom stereocenters. The second-order valence-corrected chi connectivity index (χ2v) is 7.16. The fourth-order valence-electron chi connectivity index (χ4n) is 3.70. The van der Waals surface area contributed by atoms with Gasteiger partial charge in [0.25, 0.3) is 0 Å². The Morgan fingerprint density at radius 1 is 1.19 bits per heavy atom. The second kappa shape index (κ2) is 8.43. The average molecular weight is 367 g/mol. The zero-order valence-corrected chi connectivity index (χ0v) is 15.4. The van der Waals surface area contributed by atoms with E-state index in [0.29, 0.717) is 6.54 Å². The normalized spacial score (nSPS) is 20.6. The van der Waals surface area contributed by atoms with Crippen LogP contribution in [0.25, 0.3) is 11.3 Å². The van der Waals surface area contributed by atoms with E-state index < -0.39 is 0 Å². The summed E-state index contributed by atoms with van der Waals surface area (Å²) in [6.07, 6.45) is 7.54. The molecule has 7 heteroatoms. The monoisotopic (exact) mass is 367 g/mol. The highest BCUT2D eigenvalue weighted by atomic mass is 16.5. The van der Waals surface area contributed by atoms with E-state index in [9.17, 15) is 4.79 Å². The van der Waals surface area contributed by atoms with Crippen molar-refractivity contribution in [1.82, 2.24) is 20.5 Å². The lowest BCUT2D eigenvalue weighted by atomic mass is 9.96. The number of nitrogens with zero attached hydrogens (tertiary/aromatic N) is 4. The molecule has 1 atom stereocenters. The maximum atomic E-state index is 12.4. The molecule has 0 spiro atoms. The molecule has 1 amide bonds. The number of hydrogen-bond donors (Lipinski definition) is 1. The predicted molar refractivity (Wildman–Crippen MR) is 102 cm³/mol. The number of amides is 1. The zero-order chi connectivity index (χ0) is 18.5. The van der Waals surface area contributed by atoms with E-state index in [0.717, 1.165) is 62.5 Å². The van der Waals surface area contributed by atoms with Crippen molar-refractivity contribution in [1.29, 1.82) is 0 Å². The molecule has 0 saturated carbocycles. The van der Waals surface area contributed by atoms with Crippen molar-refractivity contribution in [2.24, 2.45) is 5.92 Å². The van der Waals surface area contributed by atoms with Crippen molar-refractivity contribution in [3.8, 4) is 11.3 Å². The van der Waals surface area contributed by atoms with Gasteiger partial charge in [0, 0.05) is 50.1 Å². The average Bonchev–Trinajstić information content (AvgIpc) is 3.27. The van der Waals surface area contributed by atoms with Gasteiger partial charge in [0.1, 0.15) is 0 Å². The van der Waals surface area contributed by atoms with E-state index in [1.54, 1.807) is 12.4 Å². The Morgan fingerprint density at radius 2 is 2.07 bits per heavy atom. The lowest BCUT2D eigenvalue weighted by molar-refractivity contribution is -0.126. The van der Waals surface area contributed by atoms with E-state index in [1.807, 2.05) is 24.3 Å². The number of nitrogens with one attached hydrogen (secondary N) is 1. The van der Waals surface area contributed by atoms with Gasteiger partial charge in [0.2, 0.25) is 5.91 Å². The van der Waals surface area contributed by atoms with Crippen molar-refractivity contribution in [2.75, 3.05) is 31.1 Å². The highest BCUT2D eigenvalue weighted by molar-refractivity contribution is 5.79. The fourth-order valence-corrected chi connectivity index (χ4v) is 3.70. The van der Waals surface area contributed by atoms with E-state index in [1.165, 1.54) is 0 Å². The summed E-state index contributed by atoms with van der Waals surface area (Å²) in [5, 5.41) is 11.8. The third-order valence-corrected chi connectivity index (χ3v) is 5.33. The van der Waals surface area contributed by atoms with Crippen LogP contribution in [-0.4, -0.2) is 53.4 Å². The number of hydrogen-bond acceptors (Lipinski definition) is 6. The number of piperidine rings is 1. The molecular formula is C20H25N5O2. The van der Waals surface area contributed by atoms with Gasteiger partial charge in [-0.25, -0.2) is 0 Å². The van der Waals surface area contributed by atoms with Crippen LogP contribution < -0.4 is 10.2 Å². The Kier molecular flexibility index (Phi) is 5.58. The summed E-state index contributed by atoms with van der Waals surface area (Å²) in [5.74, 6) is 1.09. The standard InChI is InChI=1S/C20H25N5O2/c26-20(22-14-17-4-2-12-27-17)15-7-10-25(11-8-15)19-6-5-18(23-24-19)16-3-1-9-21-13-16/h1,3,5-6,9,13,15,17H,2,4,7-8,10-12,14H2,(H,22,26). The molecule has 7 nitrogen and oxygen atoms in total. The summed E-state index contributed by atoms with van der Waals surface area (Å²) in [4.78, 5) is 18.7. The van der Waals surface area contributed by atoms with Crippen molar-refractivity contribution in [3.63, 3.8) is 0 Å². The van der Waals surface area contributed by atoms with Crippen molar-refractivity contribution in [3.05, 3.63) is 36.7 Å². The number of rotatable bonds is 5. The van der Waals surface area contributed by atoms with Gasteiger partial charge in [0.15, 0.2) is 5.82 Å². The SMILES string of the molecule is O=C(NCC1CCCO1)C1CCN(c2ccc(-c3cccnc3)nn2)CC1. The van der Waals surface area contributed by atoms with Crippen molar-refractivity contribution >= 4 is 11.7 Å². The van der Waals surface area contributed by atoms with Crippen LogP contribution in [0.5, 0.6) is 0 Å². The van der Waals surface area contributed by atoms with E-state index in [4.69, 9.17) is 4.74 Å². The first kappa shape index (κ1) is 17.9. The quantitative estimate of drug-likeness (QED) is 0.871. The Bertz CT molecular complexity index is 739. The maximum Gasteiger partial charge on any atom is 0.223 e. The van der Waals surface area contributed by atoms with Crippen molar-refractivity contribution in [2.45, 2.75) is 31.8 Å². The molecule has 0 radical (unpaired) electrons. The Hall–Kier alpha value is -2.54. The number of ether oxygens (including phenoxy) is 1. The molecule has 2 fully saturated rings. The van der Waals surface area contributed by atoms with Crippen LogP contribution in [0.1, 0.15) is 25.7 Å². The third kappa shape index (κ3) is 4.42. The summed E-state index contributed by atoms with van der Waals surface area (Å²) in [7, 11) is 0. The molecule has 1 N–H and O–H groups in total. The molecule has 2 aromatic rings. The van der Waals surface area contributed by atoms with Crippen LogP contribution in [0.3, 0.4) is 0 Å². The Morgan fingerprint density at radius 3 is 2.74 bits per heavy atom. The van der Waals surface area contributed by atoms with Crippen LogP contribution in [0.15, 0.2) is 36.7 Å². The molecule has 2 saturated heterocycles. The van der Waals surface area contributed by atoms with E-state index >= 15 is 0 Å². The van der Waals surface area contributed by atoms with Crippen LogP contribution in [0, 0.1) is 5.92 Å². The van der Waals surface area contributed by atoms with Crippen LogP contribution >= 0.6 is 0 Å². The van der Waals surface area contributed by atoms with Gasteiger partial charge in [-0.15, -0.1) is 10.2 Å². The summed E-state index contributed by atoms with van der Waals surface area (Å²) < 4.78 is 5.57. The number of carbonyl (C=O) groups is 1. The van der Waals surface area contributed by atoms with Gasteiger partial charge in [-0.1, -0.05) is 0 Å². The number of anilines is 1. The molecular weight excluding hydrogens is 342 g/mol. The molecule has 27 heavy (non-hydrogen) atoms. The first-order valence-corrected chi connectivity index (χ1v) is 9.68. The molecule has 0 aromatic carbocycles. The number of carbonyl (C=O) groups excluding carboxylic acids is 1. The highest BCUT2D eigenvalue weighted by Crippen LogP contribution is 2.23. The first-order valence-electron chi connectivity index (χ1n) is 9.68. The predicted octanol–water partition coefficient (Wildman–Crippen LogP) is 2.05. The second-order valence-electron chi connectivity index (χ2n) is 7.16. The minimum absolute atomic E-state index is 0.0743. The lowest BCUT2D eigenvalue weighted by Crippen LogP contribution is -2.42. The number of aromatic nitrogens is 3. The first-order chi connectivity index (χ1) is 13.3. The summed E-state index contributed by atoms with van der Waals surface area (Å²) in [5.41, 5.74) is 1.77. The number of pyridine rings is 1. The highest BCUT2D eigenvalue weighted by Gasteiger charge is 2.26. The molecule has 2 aliphatic heterocycles. The molecule has 4 rings (SSSR count). The van der Waals surface area contributed by atoms with Gasteiger partial charge in [-0.05, 0) is 49.9 Å². The molecule has 2 aromatic heterocycles. The summed E-state index contributed by atoms with van der Waals surface area (Å²) >= 11 is 0. The smallest absolute Gasteiger partial charge is 0.223 e. The van der Waals surface area contributed by atoms with Crippen LogP contribution in [0.2, 0.25) is 0 Å². The van der Waals surface area contributed by atoms with Gasteiger partial charge >= 0.3 is 0 Å². The van der Waals surface area contributed by atoms with Gasteiger partial charge in [0.05, 0.1) is 11.8 Å². The van der Waals surface area contributed by atoms with E-state index in [-0.39, 0.29) is 17.9 Å². The van der Waals surface area contributed by atoms with Crippen LogP contribution in [-0.2, 0) is 9.53 Å². The van der Waals surface area contributed by atoms with Gasteiger partial charge < -0.3 is 15.0 Å². The summed E-state index contributed by atoms with van der Waals surface area (Å²) in [6, 6.07) is 7.82. The van der Waals surface area contributed by atoms with Crippen molar-refractivity contribution < 1.29 is 9.53 Å². The van der Waals surface area contributed by atoms with Gasteiger partial charge in [-0.2, -0.15) is 0 Å². The molecule has 4 heterocycles.